The molecule has 1 aliphatic heterocycles. The molecule has 0 aliphatic carbocycles. The third-order valence-corrected chi connectivity index (χ3v) is 4.13. The van der Waals surface area contributed by atoms with Gasteiger partial charge in [-0.2, -0.15) is 4.31 Å². The second kappa shape index (κ2) is 5.27. The Labute approximate surface area is 89.4 Å². The molecule has 0 unspecified atom stereocenters. The molecule has 0 aromatic heterocycles. The van der Waals surface area contributed by atoms with Gasteiger partial charge in [-0.05, 0) is 12.8 Å². The Morgan fingerprint density at radius 1 is 1.40 bits per heavy atom. The van der Waals surface area contributed by atoms with Gasteiger partial charge in [0.2, 0.25) is 10.0 Å². The molecule has 0 fully saturated rings. The maximum Gasteiger partial charge on any atom is 0.303 e. The van der Waals surface area contributed by atoms with E-state index < -0.39 is 16.0 Å². The van der Waals surface area contributed by atoms with Crippen LogP contribution in [0, 0.1) is 0 Å². The van der Waals surface area contributed by atoms with Gasteiger partial charge in [-0.15, -0.1) is 0 Å². The van der Waals surface area contributed by atoms with Gasteiger partial charge >= 0.3 is 5.97 Å². The first-order valence-electron chi connectivity index (χ1n) is 4.87. The van der Waals surface area contributed by atoms with Crippen LogP contribution in [0.15, 0.2) is 12.2 Å². The minimum absolute atomic E-state index is 0.0763. The van der Waals surface area contributed by atoms with Crippen LogP contribution in [-0.2, 0) is 14.8 Å². The number of rotatable bonds is 5. The van der Waals surface area contributed by atoms with Gasteiger partial charge in [0.25, 0.3) is 0 Å². The lowest BCUT2D eigenvalue weighted by molar-refractivity contribution is -0.137. The van der Waals surface area contributed by atoms with Crippen molar-refractivity contribution in [3.8, 4) is 0 Å². The van der Waals surface area contributed by atoms with Crippen LogP contribution in [0.1, 0.15) is 19.3 Å². The Balaban J connectivity index is 2.44. The molecule has 0 aromatic rings. The predicted molar refractivity (Wildman–Crippen MR) is 56.0 cm³/mol. The fourth-order valence-electron chi connectivity index (χ4n) is 1.41. The van der Waals surface area contributed by atoms with Crippen LogP contribution in [0.4, 0.5) is 0 Å². The highest BCUT2D eigenvalue weighted by atomic mass is 32.2. The molecule has 15 heavy (non-hydrogen) atoms. The Hall–Kier alpha value is -0.880. The van der Waals surface area contributed by atoms with Gasteiger partial charge < -0.3 is 5.11 Å². The normalized spacial score (nSPS) is 17.9. The van der Waals surface area contributed by atoms with E-state index in [2.05, 4.69) is 0 Å². The molecule has 86 valence electrons. The van der Waals surface area contributed by atoms with Crippen molar-refractivity contribution in [3.05, 3.63) is 12.2 Å². The van der Waals surface area contributed by atoms with Crippen LogP contribution in [-0.4, -0.2) is 42.6 Å². The molecular formula is C9H15NO4S. The van der Waals surface area contributed by atoms with E-state index in [1.807, 2.05) is 12.2 Å². The Kier molecular flexibility index (Phi) is 4.28. The summed E-state index contributed by atoms with van der Waals surface area (Å²) in [6, 6.07) is 0. The fraction of sp³-hybridized carbons (Fsp3) is 0.667. The third kappa shape index (κ3) is 4.01. The van der Waals surface area contributed by atoms with Crippen molar-refractivity contribution in [2.24, 2.45) is 0 Å². The number of sulfonamides is 1. The van der Waals surface area contributed by atoms with Crippen molar-refractivity contribution < 1.29 is 18.3 Å². The molecule has 1 rings (SSSR count). The summed E-state index contributed by atoms with van der Waals surface area (Å²) in [5, 5.41) is 8.40. The molecule has 6 heteroatoms. The van der Waals surface area contributed by atoms with Crippen LogP contribution in [0.5, 0.6) is 0 Å². The van der Waals surface area contributed by atoms with Crippen LogP contribution in [0.2, 0.25) is 0 Å². The molecule has 1 N–H and O–H groups in total. The predicted octanol–water partition coefficient (Wildman–Crippen LogP) is 0.443. The first kappa shape index (κ1) is 12.2. The average molecular weight is 233 g/mol. The third-order valence-electron chi connectivity index (χ3n) is 2.21. The molecule has 0 radical (unpaired) electrons. The number of hydrogen-bond donors (Lipinski definition) is 1. The zero-order valence-corrected chi connectivity index (χ0v) is 9.24. The zero-order valence-electron chi connectivity index (χ0n) is 8.42. The van der Waals surface area contributed by atoms with Gasteiger partial charge in [-0.25, -0.2) is 8.42 Å². The molecule has 0 bridgehead atoms. The summed E-state index contributed by atoms with van der Waals surface area (Å²) in [5.41, 5.74) is 0. The minimum atomic E-state index is -3.26. The molecule has 0 spiro atoms. The Morgan fingerprint density at radius 2 is 2.13 bits per heavy atom. The highest BCUT2D eigenvalue weighted by Crippen LogP contribution is 2.09. The van der Waals surface area contributed by atoms with Gasteiger partial charge in [-0.1, -0.05) is 12.2 Å². The summed E-state index contributed by atoms with van der Waals surface area (Å²) in [5.74, 6) is -1.03. The van der Waals surface area contributed by atoms with Gasteiger partial charge in [-0.3, -0.25) is 4.79 Å². The number of nitrogens with zero attached hydrogens (tertiary/aromatic N) is 1. The first-order valence-corrected chi connectivity index (χ1v) is 6.48. The number of carboxylic acids is 1. The molecule has 0 saturated carbocycles. The van der Waals surface area contributed by atoms with Gasteiger partial charge in [0, 0.05) is 19.5 Å². The first-order chi connectivity index (χ1) is 7.02. The van der Waals surface area contributed by atoms with Gasteiger partial charge in [0.1, 0.15) is 0 Å². The van der Waals surface area contributed by atoms with Gasteiger partial charge in [0.05, 0.1) is 5.75 Å². The monoisotopic (exact) mass is 233 g/mol. The molecule has 0 aromatic carbocycles. The van der Waals surface area contributed by atoms with E-state index in [0.717, 1.165) is 6.42 Å². The maximum atomic E-state index is 11.7. The van der Waals surface area contributed by atoms with Gasteiger partial charge in [0.15, 0.2) is 0 Å². The van der Waals surface area contributed by atoms with Crippen molar-refractivity contribution in [2.45, 2.75) is 19.3 Å². The van der Waals surface area contributed by atoms with Crippen LogP contribution >= 0.6 is 0 Å². The molecule has 0 amide bonds. The minimum Gasteiger partial charge on any atom is -0.481 e. The van der Waals surface area contributed by atoms with Crippen LogP contribution in [0.3, 0.4) is 0 Å². The molecule has 5 nitrogen and oxygen atoms in total. The molecule has 0 saturated heterocycles. The maximum absolute atomic E-state index is 11.7. The lowest BCUT2D eigenvalue weighted by Crippen LogP contribution is -2.35. The van der Waals surface area contributed by atoms with Crippen molar-refractivity contribution in [2.75, 3.05) is 18.8 Å². The zero-order chi connectivity index (χ0) is 11.3. The quantitative estimate of drug-likeness (QED) is 0.699. The van der Waals surface area contributed by atoms with E-state index in [1.165, 1.54) is 4.31 Å². The topological polar surface area (TPSA) is 74.7 Å². The lowest BCUT2D eigenvalue weighted by Gasteiger charge is -2.22. The second-order valence-electron chi connectivity index (χ2n) is 3.43. The smallest absolute Gasteiger partial charge is 0.303 e. The van der Waals surface area contributed by atoms with E-state index in [4.69, 9.17) is 5.11 Å². The molecular weight excluding hydrogens is 218 g/mol. The summed E-state index contributed by atoms with van der Waals surface area (Å²) in [4.78, 5) is 10.2. The van der Waals surface area contributed by atoms with Crippen LogP contribution in [0.25, 0.3) is 0 Å². The molecule has 1 aliphatic rings. The Morgan fingerprint density at radius 3 is 2.67 bits per heavy atom. The number of aliphatic carboxylic acids is 1. The highest BCUT2D eigenvalue weighted by molar-refractivity contribution is 7.89. The lowest BCUT2D eigenvalue weighted by atomic mass is 10.3. The summed E-state index contributed by atoms with van der Waals surface area (Å²) in [7, 11) is -3.26. The number of hydrogen-bond acceptors (Lipinski definition) is 3. The SMILES string of the molecule is O=C(O)CCCS(=O)(=O)N1CC=CCC1. The van der Waals surface area contributed by atoms with E-state index in [0.29, 0.717) is 13.1 Å². The molecule has 0 atom stereocenters. The summed E-state index contributed by atoms with van der Waals surface area (Å²) in [6.45, 7) is 0.918. The summed E-state index contributed by atoms with van der Waals surface area (Å²) in [6.07, 6.45) is 4.58. The molecule has 1 heterocycles. The van der Waals surface area contributed by atoms with E-state index in [-0.39, 0.29) is 18.6 Å². The van der Waals surface area contributed by atoms with E-state index in [1.54, 1.807) is 0 Å². The van der Waals surface area contributed by atoms with Crippen molar-refractivity contribution in [1.82, 2.24) is 4.31 Å². The second-order valence-corrected chi connectivity index (χ2v) is 5.52. The highest BCUT2D eigenvalue weighted by Gasteiger charge is 2.21. The van der Waals surface area contributed by atoms with E-state index in [9.17, 15) is 13.2 Å². The Bertz CT molecular complexity index is 347. The largest absolute Gasteiger partial charge is 0.481 e. The summed E-state index contributed by atoms with van der Waals surface area (Å²) < 4.78 is 24.7. The van der Waals surface area contributed by atoms with E-state index >= 15 is 0 Å². The fourth-order valence-corrected chi connectivity index (χ4v) is 2.87. The standard InChI is InChI=1S/C9H15NO4S/c11-9(12)5-4-8-15(13,14)10-6-2-1-3-7-10/h1-2H,3-8H2,(H,11,12). The average Bonchev–Trinajstić information content (AvgIpc) is 2.18. The van der Waals surface area contributed by atoms with Crippen molar-refractivity contribution >= 4 is 16.0 Å². The summed E-state index contributed by atoms with van der Waals surface area (Å²) >= 11 is 0. The van der Waals surface area contributed by atoms with Crippen molar-refractivity contribution in [1.29, 1.82) is 0 Å². The van der Waals surface area contributed by atoms with Crippen molar-refractivity contribution in [3.63, 3.8) is 0 Å². The van der Waals surface area contributed by atoms with Crippen LogP contribution < -0.4 is 0 Å². The number of carboxylic acid groups (broad SMARTS) is 1. The number of carbonyl (C=O) groups is 1.